The van der Waals surface area contributed by atoms with Gasteiger partial charge in [0.05, 0.1) is 86.9 Å². The van der Waals surface area contributed by atoms with Crippen molar-refractivity contribution in [2.24, 2.45) is 0 Å². The van der Waals surface area contributed by atoms with Gasteiger partial charge in [0.25, 0.3) is 0 Å². The summed E-state index contributed by atoms with van der Waals surface area (Å²) in [5.74, 6) is 2.28. The van der Waals surface area contributed by atoms with Crippen LogP contribution in [0.25, 0.3) is 0 Å². The molecule has 0 saturated heterocycles. The van der Waals surface area contributed by atoms with Crippen LogP contribution in [0, 0.1) is 0 Å². The maximum atomic E-state index is 8.59. The van der Waals surface area contributed by atoms with Gasteiger partial charge in [-0.15, -0.1) is 0 Å². The van der Waals surface area contributed by atoms with Crippen molar-refractivity contribution in [1.29, 1.82) is 0 Å². The lowest BCUT2D eigenvalue weighted by atomic mass is 10.0. The molecule has 0 fully saturated rings. The highest BCUT2D eigenvalue weighted by molar-refractivity contribution is 5.43. The number of rotatable bonds is 23. The average molecular weight is 523 g/mol. The zero-order valence-electron chi connectivity index (χ0n) is 22.2. The number of hydrogen-bond donors (Lipinski definition) is 1. The molecule has 0 amide bonds. The molecular weight excluding hydrogens is 480 g/mol. The van der Waals surface area contributed by atoms with Gasteiger partial charge in [0.1, 0.15) is 12.4 Å². The Morgan fingerprint density at radius 2 is 1.08 bits per heavy atom. The maximum absolute atomic E-state index is 8.59. The lowest BCUT2D eigenvalue weighted by Gasteiger charge is -2.13. The number of aliphatic hydroxyl groups is 1. The SMILES string of the molecule is COc1cccc(CCc2ccc(OC)c(OCCOCCOCCOCCOCCOCCO)c2)c1. The first-order valence-corrected chi connectivity index (χ1v) is 12.7. The number of hydrogen-bond acceptors (Lipinski definition) is 9. The van der Waals surface area contributed by atoms with E-state index in [1.54, 1.807) is 14.2 Å². The summed E-state index contributed by atoms with van der Waals surface area (Å²) in [5, 5.41) is 8.59. The Bertz CT molecular complexity index is 831. The van der Waals surface area contributed by atoms with Gasteiger partial charge < -0.3 is 43.0 Å². The molecule has 2 aromatic rings. The van der Waals surface area contributed by atoms with Crippen molar-refractivity contribution in [3.8, 4) is 17.2 Å². The highest BCUT2D eigenvalue weighted by Crippen LogP contribution is 2.28. The number of ether oxygens (including phenoxy) is 8. The monoisotopic (exact) mass is 522 g/mol. The first-order chi connectivity index (χ1) is 18.3. The highest BCUT2D eigenvalue weighted by Gasteiger charge is 2.07. The predicted octanol–water partition coefficient (Wildman–Crippen LogP) is 2.94. The van der Waals surface area contributed by atoms with Crippen LogP contribution in [0.5, 0.6) is 17.2 Å². The summed E-state index contributed by atoms with van der Waals surface area (Å²) < 4.78 is 43.6. The van der Waals surface area contributed by atoms with Gasteiger partial charge in [-0.2, -0.15) is 0 Å². The largest absolute Gasteiger partial charge is 0.497 e. The number of aliphatic hydroxyl groups excluding tert-OH is 1. The fourth-order valence-corrected chi connectivity index (χ4v) is 3.36. The first-order valence-electron chi connectivity index (χ1n) is 12.7. The molecule has 0 atom stereocenters. The minimum atomic E-state index is 0.0264. The molecule has 0 spiro atoms. The molecule has 1 N–H and O–H groups in total. The second-order valence-corrected chi connectivity index (χ2v) is 7.97. The van der Waals surface area contributed by atoms with Gasteiger partial charge in [0, 0.05) is 0 Å². The van der Waals surface area contributed by atoms with E-state index in [-0.39, 0.29) is 6.61 Å². The fourth-order valence-electron chi connectivity index (χ4n) is 3.36. The lowest BCUT2D eigenvalue weighted by Crippen LogP contribution is -2.14. The van der Waals surface area contributed by atoms with Crippen molar-refractivity contribution in [3.63, 3.8) is 0 Å². The molecule has 2 rings (SSSR count). The summed E-state index contributed by atoms with van der Waals surface area (Å²) in [5.41, 5.74) is 2.40. The quantitative estimate of drug-likeness (QED) is 0.221. The summed E-state index contributed by atoms with van der Waals surface area (Å²) in [4.78, 5) is 0. The molecule has 9 heteroatoms. The van der Waals surface area contributed by atoms with E-state index in [4.69, 9.17) is 43.0 Å². The van der Waals surface area contributed by atoms with Crippen LogP contribution in [0.3, 0.4) is 0 Å². The summed E-state index contributed by atoms with van der Waals surface area (Å²) in [6.45, 7) is 5.18. The molecule has 0 heterocycles. The molecule has 0 bridgehead atoms. The fraction of sp³-hybridized carbons (Fsp3) is 0.571. The first kappa shape index (κ1) is 30.8. The van der Waals surface area contributed by atoms with Gasteiger partial charge in [-0.1, -0.05) is 18.2 Å². The Morgan fingerprint density at radius 1 is 0.541 bits per heavy atom. The van der Waals surface area contributed by atoms with Crippen LogP contribution in [0.1, 0.15) is 11.1 Å². The summed E-state index contributed by atoms with van der Waals surface area (Å²) in [6, 6.07) is 14.1. The van der Waals surface area contributed by atoms with Crippen molar-refractivity contribution >= 4 is 0 Å². The van der Waals surface area contributed by atoms with Gasteiger partial charge in [-0.25, -0.2) is 0 Å². The van der Waals surface area contributed by atoms with E-state index in [1.165, 1.54) is 11.1 Å². The zero-order chi connectivity index (χ0) is 26.4. The van der Waals surface area contributed by atoms with Crippen molar-refractivity contribution in [3.05, 3.63) is 53.6 Å². The molecule has 0 aliphatic carbocycles. The minimum absolute atomic E-state index is 0.0264. The minimum Gasteiger partial charge on any atom is -0.497 e. The van der Waals surface area contributed by atoms with E-state index in [9.17, 15) is 0 Å². The molecule has 0 saturated carbocycles. The zero-order valence-corrected chi connectivity index (χ0v) is 22.2. The van der Waals surface area contributed by atoms with E-state index in [0.717, 1.165) is 18.6 Å². The van der Waals surface area contributed by atoms with E-state index in [0.29, 0.717) is 84.2 Å². The molecule has 0 aliphatic rings. The molecule has 2 aromatic carbocycles. The summed E-state index contributed by atoms with van der Waals surface area (Å²) >= 11 is 0. The van der Waals surface area contributed by atoms with Crippen LogP contribution in [0.2, 0.25) is 0 Å². The molecule has 9 nitrogen and oxygen atoms in total. The van der Waals surface area contributed by atoms with E-state index in [1.807, 2.05) is 24.3 Å². The standard InChI is InChI=1S/C28H42O9/c1-30-26-5-3-4-24(22-26)6-7-25-8-9-27(31-2)28(23-25)37-21-20-36-19-18-35-17-16-34-15-14-33-13-12-32-11-10-29/h3-5,8-9,22-23,29H,6-7,10-21H2,1-2H3. The molecule has 0 unspecified atom stereocenters. The third-order valence-corrected chi connectivity index (χ3v) is 5.27. The average Bonchev–Trinajstić information content (AvgIpc) is 2.93. The van der Waals surface area contributed by atoms with Crippen LogP contribution in [0.4, 0.5) is 0 Å². The van der Waals surface area contributed by atoms with Gasteiger partial charge in [-0.05, 0) is 48.2 Å². The van der Waals surface area contributed by atoms with E-state index < -0.39 is 0 Å². The van der Waals surface area contributed by atoms with Gasteiger partial charge in [-0.3, -0.25) is 0 Å². The van der Waals surface area contributed by atoms with Crippen LogP contribution in [0.15, 0.2) is 42.5 Å². The summed E-state index contributed by atoms with van der Waals surface area (Å²) in [6.07, 6.45) is 1.80. The second-order valence-electron chi connectivity index (χ2n) is 7.97. The smallest absolute Gasteiger partial charge is 0.161 e. The Morgan fingerprint density at radius 3 is 1.62 bits per heavy atom. The Balaban J connectivity index is 1.51. The Labute approximate surface area is 220 Å². The number of aryl methyl sites for hydroxylation is 2. The van der Waals surface area contributed by atoms with Gasteiger partial charge in [0.15, 0.2) is 11.5 Å². The lowest BCUT2D eigenvalue weighted by molar-refractivity contribution is -0.0147. The predicted molar refractivity (Wildman–Crippen MR) is 140 cm³/mol. The van der Waals surface area contributed by atoms with Gasteiger partial charge >= 0.3 is 0 Å². The normalized spacial score (nSPS) is 11.0. The molecule has 37 heavy (non-hydrogen) atoms. The molecule has 0 aromatic heterocycles. The molecule has 0 radical (unpaired) electrons. The molecule has 0 aliphatic heterocycles. The molecule has 208 valence electrons. The Kier molecular flexibility index (Phi) is 17.2. The van der Waals surface area contributed by atoms with Crippen molar-refractivity contribution in [2.45, 2.75) is 12.8 Å². The number of benzene rings is 2. The highest BCUT2D eigenvalue weighted by atomic mass is 16.6. The number of methoxy groups -OCH3 is 2. The van der Waals surface area contributed by atoms with Crippen LogP contribution >= 0.6 is 0 Å². The Hall–Kier alpha value is -2.40. The maximum Gasteiger partial charge on any atom is 0.161 e. The van der Waals surface area contributed by atoms with Crippen molar-refractivity contribution in [2.75, 3.05) is 93.5 Å². The van der Waals surface area contributed by atoms with E-state index in [2.05, 4.69) is 18.2 Å². The molecular formula is C28H42O9. The van der Waals surface area contributed by atoms with Crippen molar-refractivity contribution < 1.29 is 43.0 Å². The van der Waals surface area contributed by atoms with E-state index >= 15 is 0 Å². The summed E-state index contributed by atoms with van der Waals surface area (Å²) in [7, 11) is 3.32. The third-order valence-electron chi connectivity index (χ3n) is 5.27. The van der Waals surface area contributed by atoms with Crippen LogP contribution < -0.4 is 14.2 Å². The van der Waals surface area contributed by atoms with Crippen molar-refractivity contribution in [1.82, 2.24) is 0 Å². The topological polar surface area (TPSA) is 94.1 Å². The van der Waals surface area contributed by atoms with Crippen LogP contribution in [-0.2, 0) is 36.5 Å². The van der Waals surface area contributed by atoms with Crippen LogP contribution in [-0.4, -0.2) is 98.6 Å². The second kappa shape index (κ2) is 20.6. The van der Waals surface area contributed by atoms with Gasteiger partial charge in [0.2, 0.25) is 0 Å². The third kappa shape index (κ3) is 14.2.